The molecule has 0 spiro atoms. The van der Waals surface area contributed by atoms with Crippen molar-refractivity contribution in [1.29, 1.82) is 0 Å². The molecular weight excluding hydrogens is 226 g/mol. The molecule has 0 radical (unpaired) electrons. The predicted octanol–water partition coefficient (Wildman–Crippen LogP) is 3.26. The Morgan fingerprint density at radius 1 is 1.11 bits per heavy atom. The van der Waals surface area contributed by atoms with Gasteiger partial charge in [0.15, 0.2) is 0 Å². The Labute approximate surface area is 109 Å². The summed E-state index contributed by atoms with van der Waals surface area (Å²) in [7, 11) is 1.70. The lowest BCUT2D eigenvalue weighted by Crippen LogP contribution is -2.43. The zero-order valence-corrected chi connectivity index (χ0v) is 11.7. The van der Waals surface area contributed by atoms with Crippen molar-refractivity contribution in [3.05, 3.63) is 29.8 Å². The van der Waals surface area contributed by atoms with Crippen LogP contribution >= 0.6 is 0 Å². The summed E-state index contributed by atoms with van der Waals surface area (Å²) in [6.45, 7) is 6.17. The van der Waals surface area contributed by atoms with Gasteiger partial charge in [-0.05, 0) is 57.2 Å². The van der Waals surface area contributed by atoms with E-state index in [1.54, 1.807) is 7.11 Å². The van der Waals surface area contributed by atoms with Gasteiger partial charge in [0.2, 0.25) is 0 Å². The largest absolute Gasteiger partial charge is 0.497 e. The molecule has 1 aromatic rings. The molecule has 1 aliphatic rings. The van der Waals surface area contributed by atoms with Crippen molar-refractivity contribution < 1.29 is 9.57 Å². The molecule has 2 rings (SSSR count). The van der Waals surface area contributed by atoms with Crippen LogP contribution in [0.15, 0.2) is 24.3 Å². The summed E-state index contributed by atoms with van der Waals surface area (Å²) in [5, 5.41) is 0. The molecule has 18 heavy (non-hydrogen) atoms. The topological polar surface area (TPSA) is 30.5 Å². The third-order valence-electron chi connectivity index (χ3n) is 3.26. The summed E-state index contributed by atoms with van der Waals surface area (Å²) < 4.78 is 5.17. The molecule has 0 bridgehead atoms. The van der Waals surface area contributed by atoms with Crippen LogP contribution in [0, 0.1) is 0 Å². The maximum absolute atomic E-state index is 5.58. The van der Waals surface area contributed by atoms with Crippen LogP contribution in [0.25, 0.3) is 0 Å². The smallest absolute Gasteiger partial charge is 0.118 e. The first-order chi connectivity index (χ1) is 8.48. The highest BCUT2D eigenvalue weighted by Crippen LogP contribution is 2.37. The maximum Gasteiger partial charge on any atom is 0.118 e. The summed E-state index contributed by atoms with van der Waals surface area (Å²) in [6, 6.07) is 8.86. The van der Waals surface area contributed by atoms with E-state index in [1.165, 1.54) is 5.56 Å². The van der Waals surface area contributed by atoms with E-state index < -0.39 is 0 Å². The van der Waals surface area contributed by atoms with Gasteiger partial charge in [-0.3, -0.25) is 4.84 Å². The van der Waals surface area contributed by atoms with Crippen molar-refractivity contribution in [1.82, 2.24) is 5.48 Å². The first-order valence-corrected chi connectivity index (χ1v) is 6.55. The molecule has 0 amide bonds. The first-order valence-electron chi connectivity index (χ1n) is 6.55. The number of hydrogen-bond donors (Lipinski definition) is 1. The number of nitrogens with one attached hydrogen (secondary N) is 1. The molecule has 100 valence electrons. The van der Waals surface area contributed by atoms with Gasteiger partial charge in [0.05, 0.1) is 12.7 Å². The molecule has 0 saturated heterocycles. The monoisotopic (exact) mass is 249 g/mol. The normalized spacial score (nSPS) is 23.6. The van der Waals surface area contributed by atoms with Gasteiger partial charge in [-0.2, -0.15) is 5.48 Å². The van der Waals surface area contributed by atoms with Crippen molar-refractivity contribution in [2.24, 2.45) is 0 Å². The van der Waals surface area contributed by atoms with Crippen molar-refractivity contribution >= 4 is 0 Å². The van der Waals surface area contributed by atoms with Crippen LogP contribution in [0.1, 0.15) is 45.1 Å². The SMILES string of the molecule is COc1ccc(C2CC(NOC(C)(C)C)C2)cc1. The predicted molar refractivity (Wildman–Crippen MR) is 72.7 cm³/mol. The molecule has 3 heteroatoms. The van der Waals surface area contributed by atoms with Crippen molar-refractivity contribution in [3.63, 3.8) is 0 Å². The van der Waals surface area contributed by atoms with E-state index in [0.717, 1.165) is 18.6 Å². The standard InChI is InChI=1S/C15H23NO2/c1-15(2,3)18-16-13-9-12(10-13)11-5-7-14(17-4)8-6-11/h5-8,12-13,16H,9-10H2,1-4H3. The minimum atomic E-state index is -0.120. The van der Waals surface area contributed by atoms with Gasteiger partial charge < -0.3 is 4.74 Å². The van der Waals surface area contributed by atoms with E-state index in [0.29, 0.717) is 12.0 Å². The van der Waals surface area contributed by atoms with Gasteiger partial charge in [0, 0.05) is 6.04 Å². The second kappa shape index (κ2) is 5.29. The number of benzene rings is 1. The van der Waals surface area contributed by atoms with E-state index in [2.05, 4.69) is 38.4 Å². The zero-order valence-electron chi connectivity index (χ0n) is 11.7. The Bertz CT molecular complexity index is 374. The fraction of sp³-hybridized carbons (Fsp3) is 0.600. The van der Waals surface area contributed by atoms with Gasteiger partial charge in [-0.25, -0.2) is 0 Å². The maximum atomic E-state index is 5.58. The molecule has 1 N–H and O–H groups in total. The number of ether oxygens (including phenoxy) is 1. The van der Waals surface area contributed by atoms with Crippen molar-refractivity contribution in [2.45, 2.75) is 51.2 Å². The van der Waals surface area contributed by atoms with Crippen LogP contribution in [-0.2, 0) is 4.84 Å². The van der Waals surface area contributed by atoms with E-state index >= 15 is 0 Å². The fourth-order valence-corrected chi connectivity index (χ4v) is 2.12. The molecule has 0 aliphatic heterocycles. The first kappa shape index (κ1) is 13.4. The van der Waals surface area contributed by atoms with Gasteiger partial charge in [-0.15, -0.1) is 0 Å². The Hall–Kier alpha value is -1.06. The van der Waals surface area contributed by atoms with Gasteiger partial charge in [-0.1, -0.05) is 12.1 Å². The number of hydroxylamine groups is 1. The summed E-state index contributed by atoms with van der Waals surface area (Å²) >= 11 is 0. The highest BCUT2D eigenvalue weighted by atomic mass is 16.7. The summed E-state index contributed by atoms with van der Waals surface area (Å²) in [5.41, 5.74) is 4.43. The minimum absolute atomic E-state index is 0.120. The second-order valence-corrected chi connectivity index (χ2v) is 5.97. The molecular formula is C15H23NO2. The molecule has 1 aromatic carbocycles. The van der Waals surface area contributed by atoms with Crippen LogP contribution in [-0.4, -0.2) is 18.8 Å². The van der Waals surface area contributed by atoms with Gasteiger partial charge in [0.1, 0.15) is 5.75 Å². The minimum Gasteiger partial charge on any atom is -0.497 e. The van der Waals surface area contributed by atoms with Crippen LogP contribution in [0.5, 0.6) is 5.75 Å². The van der Waals surface area contributed by atoms with E-state index in [9.17, 15) is 0 Å². The Morgan fingerprint density at radius 2 is 1.72 bits per heavy atom. The molecule has 3 nitrogen and oxygen atoms in total. The summed E-state index contributed by atoms with van der Waals surface area (Å²) in [5.74, 6) is 1.57. The fourth-order valence-electron chi connectivity index (χ4n) is 2.12. The average molecular weight is 249 g/mol. The Kier molecular flexibility index (Phi) is 3.93. The average Bonchev–Trinajstić information content (AvgIpc) is 2.26. The molecule has 0 heterocycles. The van der Waals surface area contributed by atoms with Gasteiger partial charge in [0.25, 0.3) is 0 Å². The summed E-state index contributed by atoms with van der Waals surface area (Å²) in [6.07, 6.45) is 2.28. The van der Waals surface area contributed by atoms with Crippen LogP contribution in [0.3, 0.4) is 0 Å². The highest BCUT2D eigenvalue weighted by Gasteiger charge is 2.31. The molecule has 1 saturated carbocycles. The Balaban J connectivity index is 1.78. The molecule has 1 fully saturated rings. The van der Waals surface area contributed by atoms with Crippen LogP contribution in [0.2, 0.25) is 0 Å². The number of methoxy groups -OCH3 is 1. The zero-order chi connectivity index (χ0) is 13.2. The quantitative estimate of drug-likeness (QED) is 0.831. The lowest BCUT2D eigenvalue weighted by Gasteiger charge is -2.37. The number of rotatable bonds is 4. The van der Waals surface area contributed by atoms with E-state index in [-0.39, 0.29) is 5.60 Å². The third-order valence-corrected chi connectivity index (χ3v) is 3.26. The van der Waals surface area contributed by atoms with Gasteiger partial charge >= 0.3 is 0 Å². The van der Waals surface area contributed by atoms with Crippen LogP contribution < -0.4 is 10.2 Å². The highest BCUT2D eigenvalue weighted by molar-refractivity contribution is 5.30. The molecule has 0 atom stereocenters. The Morgan fingerprint density at radius 3 is 2.22 bits per heavy atom. The molecule has 1 aliphatic carbocycles. The van der Waals surface area contributed by atoms with E-state index in [4.69, 9.17) is 9.57 Å². The van der Waals surface area contributed by atoms with Crippen molar-refractivity contribution in [3.8, 4) is 5.75 Å². The lowest BCUT2D eigenvalue weighted by molar-refractivity contribution is -0.101. The molecule has 0 unspecified atom stereocenters. The third kappa shape index (κ3) is 3.47. The van der Waals surface area contributed by atoms with Crippen LogP contribution in [0.4, 0.5) is 0 Å². The van der Waals surface area contributed by atoms with Crippen molar-refractivity contribution in [2.75, 3.05) is 7.11 Å². The number of hydrogen-bond acceptors (Lipinski definition) is 3. The lowest BCUT2D eigenvalue weighted by atomic mass is 9.76. The summed E-state index contributed by atoms with van der Waals surface area (Å²) in [4.78, 5) is 5.58. The second-order valence-electron chi connectivity index (χ2n) is 5.97. The van der Waals surface area contributed by atoms with E-state index in [1.807, 2.05) is 12.1 Å². The molecule has 0 aromatic heterocycles.